The zero-order chi connectivity index (χ0) is 22.5. The van der Waals surface area contributed by atoms with E-state index in [9.17, 15) is 19.2 Å². The number of amides is 2. The first-order chi connectivity index (χ1) is 14.8. The molecule has 0 bridgehead atoms. The topological polar surface area (TPSA) is 174 Å². The van der Waals surface area contributed by atoms with E-state index in [1.54, 1.807) is 6.08 Å². The molecular formula is C17H17N5O7S2. The third kappa shape index (κ3) is 5.03. The number of carbonyl (C=O) groups is 4. The van der Waals surface area contributed by atoms with Gasteiger partial charge in [0.25, 0.3) is 0 Å². The number of thioether (sulfide) groups is 1. The second kappa shape index (κ2) is 9.61. The van der Waals surface area contributed by atoms with Crippen LogP contribution in [0.5, 0.6) is 0 Å². The number of rotatable bonds is 6. The first-order valence-electron chi connectivity index (χ1n) is 8.73. The summed E-state index contributed by atoms with van der Waals surface area (Å²) in [6, 6.07) is 0. The summed E-state index contributed by atoms with van der Waals surface area (Å²) in [5.41, 5.74) is 7.31. The smallest absolute Gasteiger partial charge is 0.379 e. The van der Waals surface area contributed by atoms with Gasteiger partial charge in [0.15, 0.2) is 10.8 Å². The molecule has 4 N–H and O–H groups in total. The van der Waals surface area contributed by atoms with Crippen LogP contribution in [-0.4, -0.2) is 62.3 Å². The van der Waals surface area contributed by atoms with Crippen molar-refractivity contribution < 1.29 is 34.0 Å². The predicted molar refractivity (Wildman–Crippen MR) is 110 cm³/mol. The van der Waals surface area contributed by atoms with Crippen LogP contribution in [0.15, 0.2) is 34.0 Å². The molecule has 12 nitrogen and oxygen atoms in total. The minimum absolute atomic E-state index is 0.00101. The molecule has 1 fully saturated rings. The summed E-state index contributed by atoms with van der Waals surface area (Å²) in [4.78, 5) is 57.8. The Bertz CT molecular complexity index is 1020. The summed E-state index contributed by atoms with van der Waals surface area (Å²) >= 11 is 2.49. The van der Waals surface area contributed by atoms with E-state index in [4.69, 9.17) is 20.5 Å². The summed E-state index contributed by atoms with van der Waals surface area (Å²) in [6.45, 7) is 1.26. The molecule has 3 heterocycles. The van der Waals surface area contributed by atoms with E-state index in [0.717, 1.165) is 11.3 Å². The van der Waals surface area contributed by atoms with Crippen molar-refractivity contribution in [2.75, 3.05) is 18.1 Å². The molecule has 164 valence electrons. The maximum atomic E-state index is 12.7. The number of nitrogens with two attached hydrogens (primary N) is 1. The number of nitrogen functional groups attached to an aromatic ring is 1. The molecule has 1 saturated heterocycles. The number of esters is 1. The highest BCUT2D eigenvalue weighted by Gasteiger charge is 2.45. The first-order valence-corrected chi connectivity index (χ1v) is 10.7. The Hall–Kier alpha value is -3.39. The monoisotopic (exact) mass is 467 g/mol. The lowest BCUT2D eigenvalue weighted by atomic mass is 10.1. The molecule has 1 atom stereocenters. The van der Waals surface area contributed by atoms with E-state index in [0.29, 0.717) is 11.3 Å². The molecule has 0 aliphatic carbocycles. The number of carbonyl (C=O) groups excluding carboxylic acids is 4. The fourth-order valence-electron chi connectivity index (χ4n) is 2.71. The number of hydrogen-bond acceptors (Lipinski definition) is 12. The number of nitrogens with one attached hydrogen (secondary N) is 1. The Morgan fingerprint density at radius 3 is 2.87 bits per heavy atom. The maximum absolute atomic E-state index is 12.7. The van der Waals surface area contributed by atoms with Gasteiger partial charge in [0, 0.05) is 18.1 Å². The van der Waals surface area contributed by atoms with Crippen LogP contribution in [0.25, 0.3) is 0 Å². The number of fused-ring (bicyclic) bond motifs is 1. The third-order valence-electron chi connectivity index (χ3n) is 4.09. The third-order valence-corrected chi connectivity index (χ3v) is 6.01. The lowest BCUT2D eigenvalue weighted by Crippen LogP contribution is -2.54. The highest BCUT2D eigenvalue weighted by atomic mass is 32.2. The van der Waals surface area contributed by atoms with E-state index >= 15 is 0 Å². The highest BCUT2D eigenvalue weighted by molar-refractivity contribution is 8.00. The van der Waals surface area contributed by atoms with Gasteiger partial charge in [0.05, 0.1) is 11.8 Å². The molecule has 14 heteroatoms. The summed E-state index contributed by atoms with van der Waals surface area (Å²) in [5, 5.41) is 13.3. The Kier molecular flexibility index (Phi) is 6.91. The van der Waals surface area contributed by atoms with Crippen molar-refractivity contribution >= 4 is 57.7 Å². The second-order valence-corrected chi connectivity index (χ2v) is 8.21. The van der Waals surface area contributed by atoms with E-state index in [2.05, 4.69) is 10.1 Å². The van der Waals surface area contributed by atoms with Crippen molar-refractivity contribution in [2.24, 2.45) is 5.16 Å². The largest absolute Gasteiger partial charge is 0.462 e. The second-order valence-electron chi connectivity index (χ2n) is 6.15. The Morgan fingerprint density at radius 1 is 1.48 bits per heavy atom. The van der Waals surface area contributed by atoms with Crippen molar-refractivity contribution in [3.8, 4) is 0 Å². The molecule has 0 unspecified atom stereocenters. The number of aromatic nitrogens is 1. The van der Waals surface area contributed by atoms with E-state index in [-0.39, 0.29) is 40.8 Å². The average Bonchev–Trinajstić information content (AvgIpc) is 3.15. The molecule has 31 heavy (non-hydrogen) atoms. The highest BCUT2D eigenvalue weighted by Crippen LogP contribution is 2.40. The SMILES string of the molecule is CC(=O)OC/C=C\C1=C(C(=O)ONC(=O)/C(=N\O)c2csc(N)n2)N2C(=O)C[C@H]2SC1. The predicted octanol–water partition coefficient (Wildman–Crippen LogP) is 0.157. The van der Waals surface area contributed by atoms with Gasteiger partial charge in [-0.3, -0.25) is 19.3 Å². The summed E-state index contributed by atoms with van der Waals surface area (Å²) < 4.78 is 4.81. The Morgan fingerprint density at radius 2 is 2.26 bits per heavy atom. The van der Waals surface area contributed by atoms with Gasteiger partial charge in [-0.1, -0.05) is 11.2 Å². The molecule has 0 saturated carbocycles. The van der Waals surface area contributed by atoms with Gasteiger partial charge in [-0.15, -0.1) is 23.1 Å². The minimum atomic E-state index is -1.04. The molecule has 0 aromatic carbocycles. The number of oxime groups is 1. The summed E-state index contributed by atoms with van der Waals surface area (Å²) in [5.74, 6) is -2.33. The molecule has 2 aliphatic heterocycles. The zero-order valence-electron chi connectivity index (χ0n) is 16.1. The van der Waals surface area contributed by atoms with Crippen molar-refractivity contribution in [1.29, 1.82) is 0 Å². The van der Waals surface area contributed by atoms with Crippen LogP contribution in [-0.2, 0) is 28.8 Å². The van der Waals surface area contributed by atoms with Gasteiger partial charge in [-0.05, 0) is 11.6 Å². The van der Waals surface area contributed by atoms with E-state index < -0.39 is 23.6 Å². The number of β-lactam (4-membered cyclic amide) rings is 1. The number of hydrogen-bond donors (Lipinski definition) is 3. The van der Waals surface area contributed by atoms with Crippen LogP contribution >= 0.6 is 23.1 Å². The lowest BCUT2D eigenvalue weighted by Gasteiger charge is -2.43. The zero-order valence-corrected chi connectivity index (χ0v) is 17.7. The summed E-state index contributed by atoms with van der Waals surface area (Å²) in [6.07, 6.45) is 3.36. The number of nitrogens with zero attached hydrogens (tertiary/aromatic N) is 3. The number of anilines is 1. The van der Waals surface area contributed by atoms with Gasteiger partial charge in [-0.25, -0.2) is 9.78 Å². The van der Waals surface area contributed by atoms with Crippen LogP contribution in [0.3, 0.4) is 0 Å². The number of ether oxygens (including phenoxy) is 1. The van der Waals surface area contributed by atoms with Gasteiger partial charge in [-0.2, -0.15) is 5.48 Å². The van der Waals surface area contributed by atoms with Crippen molar-refractivity contribution in [3.63, 3.8) is 0 Å². The molecule has 0 radical (unpaired) electrons. The average molecular weight is 467 g/mol. The molecule has 1 aromatic heterocycles. The van der Waals surface area contributed by atoms with Crippen molar-refractivity contribution in [3.05, 3.63) is 34.5 Å². The van der Waals surface area contributed by atoms with Gasteiger partial charge >= 0.3 is 17.8 Å². The van der Waals surface area contributed by atoms with E-state index in [1.165, 1.54) is 35.0 Å². The van der Waals surface area contributed by atoms with Crippen LogP contribution in [0.1, 0.15) is 19.0 Å². The molecule has 2 aliphatic rings. The lowest BCUT2D eigenvalue weighted by molar-refractivity contribution is -0.157. The van der Waals surface area contributed by atoms with Gasteiger partial charge in [0.1, 0.15) is 18.0 Å². The van der Waals surface area contributed by atoms with Gasteiger partial charge < -0.3 is 20.5 Å². The standard InChI is InChI=1S/C17H17N5O7S2/c1-8(23)28-4-2-3-9-6-30-12-5-11(24)22(12)14(9)16(26)29-21-15(25)13(20-27)10-7-31-17(18)19-10/h2-3,7,12,27H,4-6H2,1H3,(H2,18,19)(H,21,25)/b3-2-,20-13-/t12-/m1/s1. The normalized spacial score (nSPS) is 18.5. The Labute approximate surface area is 183 Å². The molecular weight excluding hydrogens is 450 g/mol. The Balaban J connectivity index is 1.73. The molecule has 1 aromatic rings. The number of thiazole rings is 1. The van der Waals surface area contributed by atoms with Gasteiger partial charge in [0.2, 0.25) is 5.91 Å². The molecule has 0 spiro atoms. The van der Waals surface area contributed by atoms with Crippen molar-refractivity contribution in [1.82, 2.24) is 15.4 Å². The van der Waals surface area contributed by atoms with Crippen molar-refractivity contribution in [2.45, 2.75) is 18.7 Å². The number of hydroxylamine groups is 1. The number of allylic oxidation sites excluding steroid dienone is 1. The minimum Gasteiger partial charge on any atom is -0.462 e. The van der Waals surface area contributed by atoms with Crippen LogP contribution in [0.2, 0.25) is 0 Å². The quantitative estimate of drug-likeness (QED) is 0.172. The molecule has 2 amide bonds. The first kappa shape index (κ1) is 22.3. The van der Waals surface area contributed by atoms with Crippen LogP contribution in [0, 0.1) is 0 Å². The fourth-order valence-corrected chi connectivity index (χ4v) is 4.49. The van der Waals surface area contributed by atoms with Crippen LogP contribution in [0.4, 0.5) is 5.13 Å². The summed E-state index contributed by atoms with van der Waals surface area (Å²) in [7, 11) is 0. The molecule has 3 rings (SSSR count). The van der Waals surface area contributed by atoms with Crippen LogP contribution < -0.4 is 11.2 Å². The maximum Gasteiger partial charge on any atom is 0.379 e. The fraction of sp³-hybridized carbons (Fsp3) is 0.294. The van der Waals surface area contributed by atoms with E-state index in [1.807, 2.05) is 5.48 Å².